The van der Waals surface area contributed by atoms with E-state index < -0.39 is 23.5 Å². The van der Waals surface area contributed by atoms with Gasteiger partial charge in [-0.05, 0) is 61.1 Å². The smallest absolute Gasteiger partial charge is 0.306 e. The van der Waals surface area contributed by atoms with Gasteiger partial charge in [-0.3, -0.25) is 4.79 Å². The first-order valence-electron chi connectivity index (χ1n) is 7.54. The molecule has 1 aromatic carbocycles. The third-order valence-corrected chi connectivity index (χ3v) is 4.70. The number of rotatable bonds is 4. The van der Waals surface area contributed by atoms with Crippen LogP contribution in [0.1, 0.15) is 38.7 Å². The highest BCUT2D eigenvalue weighted by atomic mass is 19.1. The van der Waals surface area contributed by atoms with Crippen LogP contribution in [-0.2, 0) is 11.2 Å². The summed E-state index contributed by atoms with van der Waals surface area (Å²) in [4.78, 5) is 11.4. The van der Waals surface area contributed by atoms with Crippen LogP contribution < -0.4 is 0 Å². The van der Waals surface area contributed by atoms with Crippen LogP contribution in [0.2, 0.25) is 0 Å². The van der Waals surface area contributed by atoms with E-state index >= 15 is 0 Å². The number of benzene rings is 1. The molecule has 1 N–H and O–H groups in total. The lowest BCUT2D eigenvalue weighted by Gasteiger charge is -2.36. The van der Waals surface area contributed by atoms with Crippen molar-refractivity contribution >= 4 is 5.97 Å². The number of aliphatic carboxylic acids is 1. The molecule has 1 aliphatic carbocycles. The van der Waals surface area contributed by atoms with Gasteiger partial charge in [-0.25, -0.2) is 8.78 Å². The van der Waals surface area contributed by atoms with Gasteiger partial charge in [0.2, 0.25) is 0 Å². The van der Waals surface area contributed by atoms with E-state index in [1.807, 2.05) is 0 Å². The van der Waals surface area contributed by atoms with Crippen LogP contribution in [-0.4, -0.2) is 11.1 Å². The molecular formula is C17H22F2O2. The summed E-state index contributed by atoms with van der Waals surface area (Å²) in [5.74, 6) is -1.47. The molecule has 0 aromatic heterocycles. The Morgan fingerprint density at radius 2 is 1.86 bits per heavy atom. The summed E-state index contributed by atoms with van der Waals surface area (Å²) >= 11 is 0. The topological polar surface area (TPSA) is 37.3 Å². The van der Waals surface area contributed by atoms with Gasteiger partial charge in [-0.15, -0.1) is 0 Å². The van der Waals surface area contributed by atoms with Crippen molar-refractivity contribution in [2.75, 3.05) is 0 Å². The number of carboxylic acid groups (broad SMARTS) is 1. The SMILES string of the molecule is CC(C)C1CCC(C(=O)O)C(Cc2cc(F)cc(F)c2)C1. The first-order chi connectivity index (χ1) is 9.86. The van der Waals surface area contributed by atoms with Gasteiger partial charge >= 0.3 is 5.97 Å². The number of halogens is 2. The summed E-state index contributed by atoms with van der Waals surface area (Å²) in [6, 6.07) is 3.46. The maximum atomic E-state index is 13.3. The first-order valence-corrected chi connectivity index (χ1v) is 7.54. The zero-order chi connectivity index (χ0) is 15.6. The van der Waals surface area contributed by atoms with E-state index in [-0.39, 0.29) is 5.92 Å². The second-order valence-electron chi connectivity index (χ2n) is 6.50. The van der Waals surface area contributed by atoms with Gasteiger partial charge in [-0.1, -0.05) is 13.8 Å². The normalized spacial score (nSPS) is 26.0. The van der Waals surface area contributed by atoms with Crippen LogP contribution >= 0.6 is 0 Å². The summed E-state index contributed by atoms with van der Waals surface area (Å²) < 4.78 is 26.6. The monoisotopic (exact) mass is 296 g/mol. The van der Waals surface area contributed by atoms with Crippen LogP contribution in [0.15, 0.2) is 18.2 Å². The quantitative estimate of drug-likeness (QED) is 0.900. The Balaban J connectivity index is 2.17. The summed E-state index contributed by atoms with van der Waals surface area (Å²) in [6.45, 7) is 4.29. The first kappa shape index (κ1) is 15.9. The Morgan fingerprint density at radius 1 is 1.24 bits per heavy atom. The number of hydrogen-bond donors (Lipinski definition) is 1. The van der Waals surface area contributed by atoms with Crippen molar-refractivity contribution in [1.29, 1.82) is 0 Å². The molecule has 1 saturated carbocycles. The number of carbonyl (C=O) groups is 1. The average molecular weight is 296 g/mol. The fourth-order valence-electron chi connectivity index (χ4n) is 3.49. The Kier molecular flexibility index (Phi) is 4.96. The molecule has 1 aliphatic rings. The molecule has 1 fully saturated rings. The molecule has 0 saturated heterocycles. The Morgan fingerprint density at radius 3 is 2.38 bits per heavy atom. The summed E-state index contributed by atoms with van der Waals surface area (Å²) in [6.07, 6.45) is 2.81. The minimum absolute atomic E-state index is 0.0511. The van der Waals surface area contributed by atoms with E-state index in [9.17, 15) is 18.7 Å². The summed E-state index contributed by atoms with van der Waals surface area (Å²) in [5, 5.41) is 9.37. The third-order valence-electron chi connectivity index (χ3n) is 4.70. The van der Waals surface area contributed by atoms with Gasteiger partial charge < -0.3 is 5.11 Å². The molecule has 0 amide bonds. The molecule has 1 aromatic rings. The zero-order valence-electron chi connectivity index (χ0n) is 12.5. The molecule has 0 radical (unpaired) electrons. The average Bonchev–Trinajstić information content (AvgIpc) is 2.36. The lowest BCUT2D eigenvalue weighted by atomic mass is 9.69. The molecule has 0 spiro atoms. The summed E-state index contributed by atoms with van der Waals surface area (Å²) in [7, 11) is 0. The van der Waals surface area contributed by atoms with Crippen molar-refractivity contribution in [2.24, 2.45) is 23.7 Å². The van der Waals surface area contributed by atoms with Crippen molar-refractivity contribution in [3.8, 4) is 0 Å². The highest BCUT2D eigenvalue weighted by Gasteiger charge is 2.35. The standard InChI is InChI=1S/C17H22F2O2/c1-10(2)12-3-4-16(17(20)21)13(8-12)5-11-6-14(18)9-15(19)7-11/h6-7,9-10,12-13,16H,3-5,8H2,1-2H3,(H,20,21). The Bertz CT molecular complexity index is 493. The second kappa shape index (κ2) is 6.54. The molecule has 4 heteroatoms. The van der Waals surface area contributed by atoms with Crippen LogP contribution in [0, 0.1) is 35.3 Å². The van der Waals surface area contributed by atoms with E-state index in [0.29, 0.717) is 30.2 Å². The zero-order valence-corrected chi connectivity index (χ0v) is 12.5. The molecule has 3 atom stereocenters. The van der Waals surface area contributed by atoms with E-state index in [4.69, 9.17) is 0 Å². The second-order valence-corrected chi connectivity index (χ2v) is 6.50. The van der Waals surface area contributed by atoms with E-state index in [1.165, 1.54) is 12.1 Å². The third kappa shape index (κ3) is 4.02. The minimum atomic E-state index is -0.793. The largest absolute Gasteiger partial charge is 0.481 e. The molecule has 21 heavy (non-hydrogen) atoms. The van der Waals surface area contributed by atoms with Crippen molar-refractivity contribution in [3.63, 3.8) is 0 Å². The molecule has 3 unspecified atom stereocenters. The lowest BCUT2D eigenvalue weighted by Crippen LogP contribution is -2.33. The number of hydrogen-bond acceptors (Lipinski definition) is 1. The lowest BCUT2D eigenvalue weighted by molar-refractivity contribution is -0.145. The minimum Gasteiger partial charge on any atom is -0.481 e. The van der Waals surface area contributed by atoms with Crippen LogP contribution in [0.5, 0.6) is 0 Å². The van der Waals surface area contributed by atoms with Gasteiger partial charge in [0.05, 0.1) is 5.92 Å². The van der Waals surface area contributed by atoms with Crippen LogP contribution in [0.4, 0.5) is 8.78 Å². The van der Waals surface area contributed by atoms with Crippen LogP contribution in [0.3, 0.4) is 0 Å². The predicted molar refractivity (Wildman–Crippen MR) is 76.9 cm³/mol. The predicted octanol–water partition coefficient (Wildman–Crippen LogP) is 4.28. The molecule has 2 rings (SSSR count). The highest BCUT2D eigenvalue weighted by Crippen LogP contribution is 2.39. The maximum Gasteiger partial charge on any atom is 0.306 e. The summed E-state index contributed by atoms with van der Waals surface area (Å²) in [5.41, 5.74) is 0.549. The van der Waals surface area contributed by atoms with E-state index in [2.05, 4.69) is 13.8 Å². The molecule has 0 aliphatic heterocycles. The van der Waals surface area contributed by atoms with Gasteiger partial charge in [0, 0.05) is 6.07 Å². The fraction of sp³-hybridized carbons (Fsp3) is 0.588. The van der Waals surface area contributed by atoms with Crippen molar-refractivity contribution in [2.45, 2.75) is 39.5 Å². The molecule has 2 nitrogen and oxygen atoms in total. The van der Waals surface area contributed by atoms with Gasteiger partial charge in [0.25, 0.3) is 0 Å². The molecule has 116 valence electrons. The van der Waals surface area contributed by atoms with Crippen molar-refractivity contribution in [3.05, 3.63) is 35.4 Å². The highest BCUT2D eigenvalue weighted by molar-refractivity contribution is 5.70. The van der Waals surface area contributed by atoms with Crippen molar-refractivity contribution < 1.29 is 18.7 Å². The van der Waals surface area contributed by atoms with E-state index in [0.717, 1.165) is 18.9 Å². The van der Waals surface area contributed by atoms with Gasteiger partial charge in [0.1, 0.15) is 11.6 Å². The van der Waals surface area contributed by atoms with E-state index in [1.54, 1.807) is 0 Å². The molecular weight excluding hydrogens is 274 g/mol. The van der Waals surface area contributed by atoms with Crippen LogP contribution in [0.25, 0.3) is 0 Å². The van der Waals surface area contributed by atoms with Gasteiger partial charge in [0.15, 0.2) is 0 Å². The van der Waals surface area contributed by atoms with Crippen molar-refractivity contribution in [1.82, 2.24) is 0 Å². The maximum absolute atomic E-state index is 13.3. The molecule has 0 heterocycles. The Labute approximate surface area is 124 Å². The Hall–Kier alpha value is -1.45. The fourth-order valence-corrected chi connectivity index (χ4v) is 3.49. The number of carboxylic acids is 1. The molecule has 0 bridgehead atoms. The van der Waals surface area contributed by atoms with Gasteiger partial charge in [-0.2, -0.15) is 0 Å².